The maximum absolute atomic E-state index is 12.5. The molecule has 4 heteroatoms. The number of nitrogens with zero attached hydrogens (tertiary/aromatic N) is 1. The Kier molecular flexibility index (Phi) is 4.95. The highest BCUT2D eigenvalue weighted by Gasteiger charge is 2.44. The van der Waals surface area contributed by atoms with Crippen molar-refractivity contribution in [3.63, 3.8) is 0 Å². The van der Waals surface area contributed by atoms with Crippen molar-refractivity contribution in [2.45, 2.75) is 45.1 Å². The van der Waals surface area contributed by atoms with E-state index in [-0.39, 0.29) is 23.9 Å². The van der Waals surface area contributed by atoms with Crippen LogP contribution in [0.15, 0.2) is 18.2 Å². The van der Waals surface area contributed by atoms with E-state index in [4.69, 9.17) is 0 Å². The van der Waals surface area contributed by atoms with Gasteiger partial charge in [-0.1, -0.05) is 18.2 Å². The van der Waals surface area contributed by atoms with Gasteiger partial charge in [0, 0.05) is 17.6 Å². The molecule has 1 amide bonds. The molecule has 2 aliphatic rings. The topological polar surface area (TPSA) is 32.3 Å². The van der Waals surface area contributed by atoms with E-state index >= 15 is 0 Å². The highest BCUT2D eigenvalue weighted by Crippen LogP contribution is 2.38. The minimum absolute atomic E-state index is 0. The van der Waals surface area contributed by atoms with E-state index in [0.29, 0.717) is 0 Å². The third-order valence-electron chi connectivity index (χ3n) is 5.10. The minimum Gasteiger partial charge on any atom is -0.350 e. The van der Waals surface area contributed by atoms with E-state index in [1.54, 1.807) is 0 Å². The van der Waals surface area contributed by atoms with Gasteiger partial charge in [0.05, 0.1) is 0 Å². The number of nitrogens with one attached hydrogen (secondary N) is 1. The Bertz CT molecular complexity index is 499. The predicted octanol–water partition coefficient (Wildman–Crippen LogP) is 3.08. The third kappa shape index (κ3) is 2.95. The Morgan fingerprint density at radius 2 is 1.76 bits per heavy atom. The first-order valence-electron chi connectivity index (χ1n) is 7.72. The Balaban J connectivity index is 0.00000161. The summed E-state index contributed by atoms with van der Waals surface area (Å²) in [4.78, 5) is 15.1. The molecule has 2 fully saturated rings. The second kappa shape index (κ2) is 6.37. The number of rotatable bonds is 3. The molecule has 0 saturated carbocycles. The average Bonchev–Trinajstić information content (AvgIpc) is 2.95. The lowest BCUT2D eigenvalue weighted by Crippen LogP contribution is -2.48. The molecule has 1 aromatic rings. The highest BCUT2D eigenvalue weighted by molar-refractivity contribution is 5.97. The first-order chi connectivity index (χ1) is 9.62. The first kappa shape index (κ1) is 16.3. The second-order valence-corrected chi connectivity index (χ2v) is 6.37. The SMILES string of the molecule is Cc1cccc(C)c1C(=O)NCC12CCCN1CCC2.Cl. The number of hydrogen-bond donors (Lipinski definition) is 1. The fourth-order valence-electron chi connectivity index (χ4n) is 4.02. The van der Waals surface area contributed by atoms with Gasteiger partial charge in [-0.15, -0.1) is 12.4 Å². The van der Waals surface area contributed by atoms with Crippen molar-refractivity contribution in [2.24, 2.45) is 0 Å². The first-order valence-corrected chi connectivity index (χ1v) is 7.72. The minimum atomic E-state index is 0. The second-order valence-electron chi connectivity index (χ2n) is 6.37. The van der Waals surface area contributed by atoms with Crippen molar-refractivity contribution in [3.8, 4) is 0 Å². The van der Waals surface area contributed by atoms with Gasteiger partial charge in [-0.25, -0.2) is 0 Å². The molecule has 0 bridgehead atoms. The molecular formula is C17H25ClN2O. The van der Waals surface area contributed by atoms with Gasteiger partial charge in [0.15, 0.2) is 0 Å². The van der Waals surface area contributed by atoms with Crippen molar-refractivity contribution in [1.29, 1.82) is 0 Å². The number of benzene rings is 1. The maximum Gasteiger partial charge on any atom is 0.251 e. The summed E-state index contributed by atoms with van der Waals surface area (Å²) < 4.78 is 0. The molecule has 0 spiro atoms. The summed E-state index contributed by atoms with van der Waals surface area (Å²) in [5.41, 5.74) is 3.24. The largest absolute Gasteiger partial charge is 0.350 e. The van der Waals surface area contributed by atoms with Crippen LogP contribution in [0.25, 0.3) is 0 Å². The summed E-state index contributed by atoms with van der Waals surface area (Å²) in [7, 11) is 0. The van der Waals surface area contributed by atoms with Crippen molar-refractivity contribution in [2.75, 3.05) is 19.6 Å². The van der Waals surface area contributed by atoms with Crippen LogP contribution in [0.4, 0.5) is 0 Å². The molecule has 2 aliphatic heterocycles. The molecule has 0 radical (unpaired) electrons. The van der Waals surface area contributed by atoms with Gasteiger partial charge < -0.3 is 5.32 Å². The Morgan fingerprint density at radius 3 is 2.33 bits per heavy atom. The lowest BCUT2D eigenvalue weighted by molar-refractivity contribution is 0.0918. The summed E-state index contributed by atoms with van der Waals surface area (Å²) in [5, 5.41) is 3.20. The van der Waals surface area contributed by atoms with Gasteiger partial charge in [-0.05, 0) is 63.7 Å². The average molecular weight is 309 g/mol. The number of hydrogen-bond acceptors (Lipinski definition) is 2. The van der Waals surface area contributed by atoms with Crippen LogP contribution in [-0.4, -0.2) is 36.0 Å². The molecule has 0 unspecified atom stereocenters. The van der Waals surface area contributed by atoms with Crippen LogP contribution in [-0.2, 0) is 0 Å². The molecule has 21 heavy (non-hydrogen) atoms. The zero-order valence-electron chi connectivity index (χ0n) is 12.9. The molecule has 0 aliphatic carbocycles. The molecular weight excluding hydrogens is 284 g/mol. The molecule has 2 heterocycles. The van der Waals surface area contributed by atoms with Crippen LogP contribution < -0.4 is 5.32 Å². The summed E-state index contributed by atoms with van der Waals surface area (Å²) >= 11 is 0. The quantitative estimate of drug-likeness (QED) is 0.930. The van der Waals surface area contributed by atoms with Gasteiger partial charge in [-0.2, -0.15) is 0 Å². The van der Waals surface area contributed by atoms with Crippen LogP contribution in [0.3, 0.4) is 0 Å². The standard InChI is InChI=1S/C17H24N2O.ClH/c1-13-6-3-7-14(2)15(13)16(20)18-12-17-8-4-10-19(17)11-5-9-17;/h3,6-7H,4-5,8-12H2,1-2H3,(H,18,20);1H. The number of aryl methyl sites for hydroxylation is 2. The van der Waals surface area contributed by atoms with Gasteiger partial charge in [0.1, 0.15) is 0 Å². The number of fused-ring (bicyclic) bond motifs is 1. The maximum atomic E-state index is 12.5. The van der Waals surface area contributed by atoms with E-state index in [9.17, 15) is 4.79 Å². The molecule has 3 nitrogen and oxygen atoms in total. The lowest BCUT2D eigenvalue weighted by atomic mass is 9.93. The third-order valence-corrected chi connectivity index (χ3v) is 5.10. The molecule has 116 valence electrons. The van der Waals surface area contributed by atoms with Crippen LogP contribution in [0.5, 0.6) is 0 Å². The Hall–Kier alpha value is -1.06. The van der Waals surface area contributed by atoms with Crippen LogP contribution in [0.2, 0.25) is 0 Å². The smallest absolute Gasteiger partial charge is 0.251 e. The molecule has 1 N–H and O–H groups in total. The zero-order chi connectivity index (χ0) is 14.2. The summed E-state index contributed by atoms with van der Waals surface area (Å²) in [6.07, 6.45) is 5.03. The van der Waals surface area contributed by atoms with Crippen LogP contribution >= 0.6 is 12.4 Å². The van der Waals surface area contributed by atoms with Crippen molar-refractivity contribution >= 4 is 18.3 Å². The molecule has 2 saturated heterocycles. The number of halogens is 1. The van der Waals surface area contributed by atoms with Gasteiger partial charge in [0.2, 0.25) is 0 Å². The van der Waals surface area contributed by atoms with E-state index in [1.165, 1.54) is 38.8 Å². The van der Waals surface area contributed by atoms with Gasteiger partial charge in [-0.3, -0.25) is 9.69 Å². The molecule has 3 rings (SSSR count). The van der Waals surface area contributed by atoms with E-state index in [2.05, 4.69) is 10.2 Å². The van der Waals surface area contributed by atoms with E-state index in [1.807, 2.05) is 32.0 Å². The number of carbonyl (C=O) groups is 1. The summed E-state index contributed by atoms with van der Waals surface area (Å²) in [5.74, 6) is 0.0914. The van der Waals surface area contributed by atoms with Crippen molar-refractivity contribution < 1.29 is 4.79 Å². The van der Waals surface area contributed by atoms with Gasteiger partial charge >= 0.3 is 0 Å². The molecule has 0 aromatic heterocycles. The van der Waals surface area contributed by atoms with Crippen molar-refractivity contribution in [3.05, 3.63) is 34.9 Å². The fourth-order valence-corrected chi connectivity index (χ4v) is 4.02. The molecule has 0 atom stereocenters. The lowest BCUT2D eigenvalue weighted by Gasteiger charge is -2.32. The number of amides is 1. The summed E-state index contributed by atoms with van der Waals surface area (Å²) in [6.45, 7) is 7.24. The van der Waals surface area contributed by atoms with E-state index < -0.39 is 0 Å². The Labute approximate surface area is 133 Å². The monoisotopic (exact) mass is 308 g/mol. The van der Waals surface area contributed by atoms with Crippen LogP contribution in [0.1, 0.15) is 47.2 Å². The predicted molar refractivity (Wildman–Crippen MR) is 88.3 cm³/mol. The van der Waals surface area contributed by atoms with Crippen molar-refractivity contribution in [1.82, 2.24) is 10.2 Å². The van der Waals surface area contributed by atoms with Gasteiger partial charge in [0.25, 0.3) is 5.91 Å². The number of carbonyl (C=O) groups excluding carboxylic acids is 1. The van der Waals surface area contributed by atoms with Crippen LogP contribution in [0, 0.1) is 13.8 Å². The normalized spacial score (nSPS) is 19.9. The highest BCUT2D eigenvalue weighted by atomic mass is 35.5. The molecule has 1 aromatic carbocycles. The fraction of sp³-hybridized carbons (Fsp3) is 0.588. The summed E-state index contributed by atoms with van der Waals surface area (Å²) in [6, 6.07) is 6.03. The zero-order valence-corrected chi connectivity index (χ0v) is 13.8. The Morgan fingerprint density at radius 1 is 1.19 bits per heavy atom. The van der Waals surface area contributed by atoms with E-state index in [0.717, 1.165) is 23.2 Å².